The average molecular weight is 622 g/mol. The van der Waals surface area contributed by atoms with E-state index in [1.807, 2.05) is 4.90 Å². The van der Waals surface area contributed by atoms with Gasteiger partial charge in [0.25, 0.3) is 0 Å². The Morgan fingerprint density at radius 2 is 1.72 bits per heavy atom. The SMILES string of the molecule is Cc1ccc(S(=O)(=O)N2[C@H](c3cccc(F)c3)CCC[C@@H]2C2(OC(=O)N3CCC(N(CCO)CCO)CC3)CC2)cc1F. The van der Waals surface area contributed by atoms with Crippen LogP contribution >= 0.6 is 0 Å². The number of ether oxygens (including phenoxy) is 1. The van der Waals surface area contributed by atoms with Crippen LogP contribution < -0.4 is 0 Å². The number of rotatable bonds is 10. The van der Waals surface area contributed by atoms with E-state index >= 15 is 0 Å². The standard InChI is InChI=1S/C31H41F2N3O6S/c1-22-8-9-26(21-27(22)33)43(40,41)36-28(23-4-2-5-24(32)20-23)6-3-7-29(36)31(12-13-31)42-30(39)35-14-10-25(11-15-35)34(16-18-37)17-19-38/h2,4-5,8-9,20-21,25,28-29,37-38H,3,6-7,10-19H2,1H3/t28-,29+/m0/s1. The molecule has 0 aromatic heterocycles. The molecule has 43 heavy (non-hydrogen) atoms. The molecule has 2 aliphatic heterocycles. The fourth-order valence-corrected chi connectivity index (χ4v) is 8.63. The van der Waals surface area contributed by atoms with Crippen LogP contribution in [0.1, 0.15) is 62.1 Å². The van der Waals surface area contributed by atoms with Crippen LogP contribution in [-0.4, -0.2) is 95.9 Å². The van der Waals surface area contributed by atoms with E-state index in [-0.39, 0.29) is 24.2 Å². The van der Waals surface area contributed by atoms with Crippen molar-refractivity contribution in [3.05, 3.63) is 65.2 Å². The minimum atomic E-state index is -4.27. The molecule has 236 valence electrons. The maximum atomic E-state index is 14.6. The van der Waals surface area contributed by atoms with Crippen molar-refractivity contribution in [2.45, 2.75) is 80.5 Å². The summed E-state index contributed by atoms with van der Waals surface area (Å²) >= 11 is 0. The molecule has 0 unspecified atom stereocenters. The Morgan fingerprint density at radius 3 is 2.33 bits per heavy atom. The topological polar surface area (TPSA) is 111 Å². The number of likely N-dealkylation sites (tertiary alicyclic amines) is 1. The van der Waals surface area contributed by atoms with Gasteiger partial charge in [0.15, 0.2) is 0 Å². The highest BCUT2D eigenvalue weighted by molar-refractivity contribution is 7.89. The molecule has 3 fully saturated rings. The zero-order valence-electron chi connectivity index (χ0n) is 24.5. The van der Waals surface area contributed by atoms with Crippen LogP contribution in [0.25, 0.3) is 0 Å². The number of benzene rings is 2. The number of hydrogen-bond acceptors (Lipinski definition) is 7. The molecule has 0 bridgehead atoms. The van der Waals surface area contributed by atoms with Crippen LogP contribution in [0, 0.1) is 18.6 Å². The van der Waals surface area contributed by atoms with Crippen molar-refractivity contribution in [2.24, 2.45) is 0 Å². The normalized spacial score (nSPS) is 23.0. The van der Waals surface area contributed by atoms with Crippen molar-refractivity contribution in [1.29, 1.82) is 0 Å². The number of carbonyl (C=O) groups excluding carboxylic acids is 1. The fraction of sp³-hybridized carbons (Fsp3) is 0.581. The number of carbonyl (C=O) groups is 1. The van der Waals surface area contributed by atoms with Crippen LogP contribution in [-0.2, 0) is 14.8 Å². The molecule has 9 nitrogen and oxygen atoms in total. The second kappa shape index (κ2) is 13.2. The zero-order valence-corrected chi connectivity index (χ0v) is 25.3. The number of hydrogen-bond donors (Lipinski definition) is 2. The minimum absolute atomic E-state index is 0.0164. The third-order valence-electron chi connectivity index (χ3n) is 9.18. The second-order valence-corrected chi connectivity index (χ2v) is 13.7. The number of aliphatic hydroxyl groups excluding tert-OH is 2. The summed E-state index contributed by atoms with van der Waals surface area (Å²) < 4.78 is 65.0. The van der Waals surface area contributed by atoms with Gasteiger partial charge in [-0.2, -0.15) is 4.31 Å². The smallest absolute Gasteiger partial charge is 0.410 e. The molecule has 2 atom stereocenters. The number of nitrogens with zero attached hydrogens (tertiary/aromatic N) is 3. The lowest BCUT2D eigenvalue weighted by atomic mass is 9.90. The van der Waals surface area contributed by atoms with E-state index in [4.69, 9.17) is 4.74 Å². The third kappa shape index (κ3) is 6.73. The lowest BCUT2D eigenvalue weighted by molar-refractivity contribution is -0.0147. The predicted octanol–water partition coefficient (Wildman–Crippen LogP) is 3.98. The Morgan fingerprint density at radius 1 is 1.02 bits per heavy atom. The second-order valence-electron chi connectivity index (χ2n) is 11.9. The lowest BCUT2D eigenvalue weighted by Crippen LogP contribution is -2.55. The first-order valence-electron chi connectivity index (χ1n) is 15.1. The van der Waals surface area contributed by atoms with Gasteiger partial charge >= 0.3 is 6.09 Å². The third-order valence-corrected chi connectivity index (χ3v) is 11.1. The van der Waals surface area contributed by atoms with Gasteiger partial charge in [0, 0.05) is 32.2 Å². The van der Waals surface area contributed by atoms with Gasteiger partial charge in [-0.3, -0.25) is 4.90 Å². The molecule has 3 aliphatic rings. The van der Waals surface area contributed by atoms with E-state index in [9.17, 15) is 32.2 Å². The highest BCUT2D eigenvalue weighted by Gasteiger charge is 2.60. The largest absolute Gasteiger partial charge is 0.441 e. The Balaban J connectivity index is 1.40. The first kappa shape index (κ1) is 31.8. The number of aliphatic hydroxyl groups is 2. The first-order valence-corrected chi connectivity index (χ1v) is 16.5. The molecule has 2 heterocycles. The van der Waals surface area contributed by atoms with Gasteiger partial charge in [0.1, 0.15) is 17.2 Å². The van der Waals surface area contributed by atoms with Gasteiger partial charge in [-0.25, -0.2) is 22.0 Å². The van der Waals surface area contributed by atoms with E-state index in [0.29, 0.717) is 82.3 Å². The minimum Gasteiger partial charge on any atom is -0.441 e. The van der Waals surface area contributed by atoms with Crippen molar-refractivity contribution in [3.63, 3.8) is 0 Å². The molecule has 5 rings (SSSR count). The summed E-state index contributed by atoms with van der Waals surface area (Å²) in [5, 5.41) is 18.8. The number of sulfonamides is 1. The Labute approximate surface area is 252 Å². The Hall–Kier alpha value is -2.64. The molecule has 0 radical (unpaired) electrons. The summed E-state index contributed by atoms with van der Waals surface area (Å²) in [5.74, 6) is -1.12. The van der Waals surface area contributed by atoms with E-state index < -0.39 is 45.4 Å². The van der Waals surface area contributed by atoms with Gasteiger partial charge in [0.05, 0.1) is 30.2 Å². The Kier molecular flexibility index (Phi) is 9.72. The summed E-state index contributed by atoms with van der Waals surface area (Å²) in [7, 11) is -4.27. The van der Waals surface area contributed by atoms with Crippen molar-refractivity contribution in [1.82, 2.24) is 14.1 Å². The van der Waals surface area contributed by atoms with Gasteiger partial charge in [-0.05, 0) is 87.3 Å². The van der Waals surface area contributed by atoms with Gasteiger partial charge in [0.2, 0.25) is 10.0 Å². The molecule has 1 saturated carbocycles. The van der Waals surface area contributed by atoms with E-state index in [1.54, 1.807) is 24.0 Å². The zero-order chi connectivity index (χ0) is 30.8. The molecule has 0 spiro atoms. The number of piperidine rings is 2. The van der Waals surface area contributed by atoms with Crippen LogP contribution in [0.5, 0.6) is 0 Å². The highest BCUT2D eigenvalue weighted by Crippen LogP contribution is 2.52. The molecule has 2 saturated heterocycles. The van der Waals surface area contributed by atoms with E-state index in [0.717, 1.165) is 6.07 Å². The van der Waals surface area contributed by atoms with E-state index in [2.05, 4.69) is 0 Å². The Bertz CT molecular complexity index is 1390. The van der Waals surface area contributed by atoms with Gasteiger partial charge < -0.3 is 19.8 Å². The highest BCUT2D eigenvalue weighted by atomic mass is 32.2. The van der Waals surface area contributed by atoms with Crippen molar-refractivity contribution < 1.29 is 36.9 Å². The van der Waals surface area contributed by atoms with Crippen LogP contribution in [0.4, 0.5) is 13.6 Å². The van der Waals surface area contributed by atoms with Crippen molar-refractivity contribution in [2.75, 3.05) is 39.4 Å². The van der Waals surface area contributed by atoms with Crippen molar-refractivity contribution in [3.8, 4) is 0 Å². The molecule has 1 amide bonds. The monoisotopic (exact) mass is 621 g/mol. The molecule has 2 N–H and O–H groups in total. The summed E-state index contributed by atoms with van der Waals surface area (Å²) in [4.78, 5) is 16.9. The van der Waals surface area contributed by atoms with Crippen LogP contribution in [0.3, 0.4) is 0 Å². The lowest BCUT2D eigenvalue weighted by Gasteiger charge is -2.45. The molecule has 2 aromatic rings. The fourth-order valence-electron chi connectivity index (χ4n) is 6.70. The maximum Gasteiger partial charge on any atom is 0.410 e. The van der Waals surface area contributed by atoms with Crippen molar-refractivity contribution >= 4 is 16.1 Å². The van der Waals surface area contributed by atoms with Gasteiger partial charge in [-0.15, -0.1) is 0 Å². The van der Waals surface area contributed by atoms with Crippen LogP contribution in [0.15, 0.2) is 47.4 Å². The first-order chi connectivity index (χ1) is 20.6. The number of halogens is 2. The molecular weight excluding hydrogens is 580 g/mol. The molecular formula is C31H41F2N3O6S. The number of amides is 1. The number of aryl methyl sites for hydroxylation is 1. The summed E-state index contributed by atoms with van der Waals surface area (Å²) in [6.45, 7) is 3.30. The summed E-state index contributed by atoms with van der Waals surface area (Å²) in [6.07, 6.45) is 3.35. The predicted molar refractivity (Wildman–Crippen MR) is 156 cm³/mol. The van der Waals surface area contributed by atoms with E-state index in [1.165, 1.54) is 28.6 Å². The molecule has 12 heteroatoms. The average Bonchev–Trinajstić information content (AvgIpc) is 3.78. The molecule has 2 aromatic carbocycles. The quantitative estimate of drug-likeness (QED) is 0.413. The maximum absolute atomic E-state index is 14.6. The summed E-state index contributed by atoms with van der Waals surface area (Å²) in [5.41, 5.74) is -0.209. The van der Waals surface area contributed by atoms with Crippen LogP contribution in [0.2, 0.25) is 0 Å². The molecule has 1 aliphatic carbocycles. The van der Waals surface area contributed by atoms with Gasteiger partial charge in [-0.1, -0.05) is 18.2 Å². The summed E-state index contributed by atoms with van der Waals surface area (Å²) in [6, 6.07) is 8.42.